The molecule has 0 radical (unpaired) electrons. The first kappa shape index (κ1) is 16.7. The van der Waals surface area contributed by atoms with Crippen LogP contribution in [0.2, 0.25) is 0 Å². The molecule has 0 spiro atoms. The summed E-state index contributed by atoms with van der Waals surface area (Å²) >= 11 is 5.79. The third kappa shape index (κ3) is 5.28. The van der Waals surface area contributed by atoms with Gasteiger partial charge in [0, 0.05) is 33.2 Å². The van der Waals surface area contributed by atoms with Crippen LogP contribution >= 0.6 is 11.6 Å². The van der Waals surface area contributed by atoms with Crippen molar-refractivity contribution in [3.63, 3.8) is 0 Å². The number of carbonyl (C=O) groups is 1. The molecule has 19 heavy (non-hydrogen) atoms. The Balaban J connectivity index is 2.45. The molecule has 112 valence electrons. The number of likely N-dealkylation sites (N-methyl/N-ethyl adjacent to an activating group) is 1. The Labute approximate surface area is 121 Å². The summed E-state index contributed by atoms with van der Waals surface area (Å²) in [7, 11) is 1.71. The highest BCUT2D eigenvalue weighted by Gasteiger charge is 2.34. The van der Waals surface area contributed by atoms with Gasteiger partial charge < -0.3 is 14.9 Å². The van der Waals surface area contributed by atoms with Crippen LogP contribution in [0.15, 0.2) is 0 Å². The van der Waals surface area contributed by atoms with Crippen molar-refractivity contribution in [1.29, 1.82) is 0 Å². The minimum atomic E-state index is -0.760. The minimum Gasteiger partial charge on any atom is -0.388 e. The molecule has 4 nitrogen and oxygen atoms in total. The van der Waals surface area contributed by atoms with E-state index >= 15 is 0 Å². The molecule has 1 saturated heterocycles. The van der Waals surface area contributed by atoms with E-state index < -0.39 is 11.0 Å². The lowest BCUT2D eigenvalue weighted by Crippen LogP contribution is -2.52. The van der Waals surface area contributed by atoms with Crippen LogP contribution in [0.1, 0.15) is 33.6 Å². The van der Waals surface area contributed by atoms with Gasteiger partial charge in [0.1, 0.15) is 5.38 Å². The molecule has 0 bridgehead atoms. The normalized spacial score (nSPS) is 21.4. The fourth-order valence-electron chi connectivity index (χ4n) is 2.65. The largest absolute Gasteiger partial charge is 0.388 e. The van der Waals surface area contributed by atoms with Crippen molar-refractivity contribution in [2.75, 3.05) is 33.2 Å². The number of halogens is 1. The first-order valence-electron chi connectivity index (χ1n) is 7.07. The van der Waals surface area contributed by atoms with Crippen molar-refractivity contribution in [3.05, 3.63) is 0 Å². The maximum atomic E-state index is 11.7. The highest BCUT2D eigenvalue weighted by molar-refractivity contribution is 6.30. The molecular weight excluding hydrogens is 264 g/mol. The number of rotatable bonds is 5. The molecule has 0 aromatic carbocycles. The van der Waals surface area contributed by atoms with Gasteiger partial charge in [0.25, 0.3) is 0 Å². The summed E-state index contributed by atoms with van der Waals surface area (Å²) < 4.78 is 0. The summed E-state index contributed by atoms with van der Waals surface area (Å²) in [6.07, 6.45) is 1.43. The van der Waals surface area contributed by atoms with E-state index in [0.717, 1.165) is 19.6 Å². The van der Waals surface area contributed by atoms with Crippen molar-refractivity contribution in [2.45, 2.75) is 44.6 Å². The van der Waals surface area contributed by atoms with E-state index in [-0.39, 0.29) is 5.91 Å². The van der Waals surface area contributed by atoms with Gasteiger partial charge in [-0.15, -0.1) is 11.6 Å². The predicted octanol–water partition coefficient (Wildman–Crippen LogP) is 1.55. The number of amides is 1. The zero-order valence-electron chi connectivity index (χ0n) is 12.5. The molecule has 0 aliphatic carbocycles. The molecule has 1 N–H and O–H groups in total. The first-order chi connectivity index (χ1) is 8.73. The highest BCUT2D eigenvalue weighted by Crippen LogP contribution is 2.24. The number of aliphatic hydroxyl groups is 1. The lowest BCUT2D eigenvalue weighted by Gasteiger charge is -2.40. The van der Waals surface area contributed by atoms with Crippen molar-refractivity contribution in [2.24, 2.45) is 5.92 Å². The molecule has 1 aliphatic rings. The quantitative estimate of drug-likeness (QED) is 0.782. The average Bonchev–Trinajstić information content (AvgIpc) is 2.30. The van der Waals surface area contributed by atoms with Gasteiger partial charge in [-0.3, -0.25) is 4.79 Å². The van der Waals surface area contributed by atoms with Crippen LogP contribution in [0.5, 0.6) is 0 Å². The molecule has 0 aromatic heterocycles. The number of carbonyl (C=O) groups excluding carboxylic acids is 1. The lowest BCUT2D eigenvalue weighted by atomic mass is 9.90. The smallest absolute Gasteiger partial charge is 0.240 e. The van der Waals surface area contributed by atoms with Crippen LogP contribution in [0.3, 0.4) is 0 Å². The van der Waals surface area contributed by atoms with Gasteiger partial charge in [-0.05, 0) is 25.7 Å². The number of likely N-dealkylation sites (tertiary alicyclic amines) is 1. The van der Waals surface area contributed by atoms with Gasteiger partial charge in [-0.2, -0.15) is 0 Å². The van der Waals surface area contributed by atoms with Crippen molar-refractivity contribution in [1.82, 2.24) is 9.80 Å². The maximum absolute atomic E-state index is 11.7. The lowest BCUT2D eigenvalue weighted by molar-refractivity contribution is -0.134. The minimum absolute atomic E-state index is 0.125. The van der Waals surface area contributed by atoms with E-state index in [1.165, 1.54) is 0 Å². The second kappa shape index (κ2) is 6.91. The van der Waals surface area contributed by atoms with Crippen molar-refractivity contribution >= 4 is 17.5 Å². The topological polar surface area (TPSA) is 43.8 Å². The number of hydrogen-bond acceptors (Lipinski definition) is 3. The summed E-state index contributed by atoms with van der Waals surface area (Å²) in [6.45, 7) is 9.31. The van der Waals surface area contributed by atoms with Crippen LogP contribution in [-0.4, -0.2) is 65.0 Å². The van der Waals surface area contributed by atoms with E-state index in [9.17, 15) is 9.90 Å². The second-order valence-corrected chi connectivity index (χ2v) is 6.88. The van der Waals surface area contributed by atoms with Crippen LogP contribution in [0.25, 0.3) is 0 Å². The maximum Gasteiger partial charge on any atom is 0.240 e. The molecular formula is C14H27ClN2O2. The van der Waals surface area contributed by atoms with Crippen molar-refractivity contribution < 1.29 is 9.90 Å². The Morgan fingerprint density at radius 3 is 2.32 bits per heavy atom. The van der Waals surface area contributed by atoms with E-state index in [0.29, 0.717) is 25.3 Å². The van der Waals surface area contributed by atoms with E-state index in [1.807, 2.05) is 0 Å². The fourth-order valence-corrected chi connectivity index (χ4v) is 2.82. The zero-order chi connectivity index (χ0) is 14.6. The van der Waals surface area contributed by atoms with Gasteiger partial charge in [0.05, 0.1) is 5.60 Å². The predicted molar refractivity (Wildman–Crippen MR) is 78.4 cm³/mol. The molecule has 5 heteroatoms. The number of piperidine rings is 1. The number of hydrogen-bond donors (Lipinski definition) is 1. The van der Waals surface area contributed by atoms with Gasteiger partial charge in [0.15, 0.2) is 0 Å². The van der Waals surface area contributed by atoms with Gasteiger partial charge in [0.2, 0.25) is 5.91 Å². The molecule has 1 aliphatic heterocycles. The molecule has 1 heterocycles. The van der Waals surface area contributed by atoms with E-state index in [2.05, 4.69) is 18.7 Å². The third-order valence-electron chi connectivity index (χ3n) is 3.66. The molecule has 0 saturated carbocycles. The highest BCUT2D eigenvalue weighted by atomic mass is 35.5. The van der Waals surface area contributed by atoms with Crippen molar-refractivity contribution in [3.8, 4) is 0 Å². The SMILES string of the molecule is CC(C)CN1CCC(O)(CN(C)C(=O)[C@H](C)Cl)CC1. The van der Waals surface area contributed by atoms with E-state index in [4.69, 9.17) is 11.6 Å². The van der Waals surface area contributed by atoms with Crippen LogP contribution in [0, 0.1) is 5.92 Å². The summed E-state index contributed by atoms with van der Waals surface area (Å²) in [6, 6.07) is 0. The fraction of sp³-hybridized carbons (Fsp3) is 0.929. The second-order valence-electron chi connectivity index (χ2n) is 6.23. The van der Waals surface area contributed by atoms with Crippen LogP contribution in [0.4, 0.5) is 0 Å². The van der Waals surface area contributed by atoms with Crippen LogP contribution in [-0.2, 0) is 4.79 Å². The van der Waals surface area contributed by atoms with Crippen LogP contribution < -0.4 is 0 Å². The summed E-state index contributed by atoms with van der Waals surface area (Å²) in [5.41, 5.74) is -0.760. The van der Waals surface area contributed by atoms with Gasteiger partial charge >= 0.3 is 0 Å². The average molecular weight is 291 g/mol. The Kier molecular flexibility index (Phi) is 6.09. The number of alkyl halides is 1. The summed E-state index contributed by atoms with van der Waals surface area (Å²) in [5.74, 6) is 0.521. The Morgan fingerprint density at radius 2 is 1.89 bits per heavy atom. The first-order valence-corrected chi connectivity index (χ1v) is 7.51. The zero-order valence-corrected chi connectivity index (χ0v) is 13.3. The Hall–Kier alpha value is -0.320. The van der Waals surface area contributed by atoms with Gasteiger partial charge in [-0.1, -0.05) is 13.8 Å². The molecule has 0 unspecified atom stereocenters. The molecule has 0 aromatic rings. The Bertz CT molecular complexity index is 300. The Morgan fingerprint density at radius 1 is 1.37 bits per heavy atom. The summed E-state index contributed by atoms with van der Waals surface area (Å²) in [4.78, 5) is 15.7. The molecule has 1 rings (SSSR count). The molecule has 1 fully saturated rings. The van der Waals surface area contributed by atoms with Gasteiger partial charge in [-0.25, -0.2) is 0 Å². The number of nitrogens with zero attached hydrogens (tertiary/aromatic N) is 2. The molecule has 1 amide bonds. The van der Waals surface area contributed by atoms with E-state index in [1.54, 1.807) is 18.9 Å². The summed E-state index contributed by atoms with van der Waals surface area (Å²) in [5, 5.41) is 10.0. The molecule has 1 atom stereocenters. The monoisotopic (exact) mass is 290 g/mol. The third-order valence-corrected chi connectivity index (χ3v) is 3.84. The standard InChI is InChI=1S/C14H27ClN2O2/c1-11(2)9-17-7-5-14(19,6-8-17)10-16(4)13(18)12(3)15/h11-12,19H,5-10H2,1-4H3/t12-/m0/s1.